The van der Waals surface area contributed by atoms with Gasteiger partial charge in [0.2, 0.25) is 5.91 Å². The Labute approximate surface area is 120 Å². The Hall–Kier alpha value is -1.36. The molecule has 0 atom stereocenters. The Morgan fingerprint density at radius 1 is 1.35 bits per heavy atom. The fourth-order valence-corrected chi connectivity index (χ4v) is 2.97. The van der Waals surface area contributed by atoms with Gasteiger partial charge in [-0.15, -0.1) is 0 Å². The number of piperidine rings is 1. The summed E-state index contributed by atoms with van der Waals surface area (Å²) >= 11 is 0. The number of carbonyl (C=O) groups excluding carboxylic acids is 1. The zero-order chi connectivity index (χ0) is 14.1. The van der Waals surface area contributed by atoms with Gasteiger partial charge in [0.15, 0.2) is 0 Å². The van der Waals surface area contributed by atoms with Crippen molar-refractivity contribution in [2.75, 3.05) is 13.1 Å². The summed E-state index contributed by atoms with van der Waals surface area (Å²) < 4.78 is 1.86. The van der Waals surface area contributed by atoms with Crippen molar-refractivity contribution < 1.29 is 4.79 Å². The number of amides is 1. The van der Waals surface area contributed by atoms with Crippen LogP contribution in [0.5, 0.6) is 0 Å². The van der Waals surface area contributed by atoms with E-state index in [0.717, 1.165) is 51.0 Å². The Morgan fingerprint density at radius 3 is 2.60 bits per heavy atom. The van der Waals surface area contributed by atoms with E-state index < -0.39 is 0 Å². The van der Waals surface area contributed by atoms with E-state index in [2.05, 4.69) is 21.5 Å². The molecule has 2 fully saturated rings. The smallest absolute Gasteiger partial charge is 0.225 e. The topological polar surface area (TPSA) is 50.2 Å². The minimum absolute atomic E-state index is 0.359. The maximum absolute atomic E-state index is 12.0. The van der Waals surface area contributed by atoms with Crippen molar-refractivity contribution in [2.24, 2.45) is 13.0 Å². The molecule has 5 heteroatoms. The number of hydrogen-bond acceptors (Lipinski definition) is 3. The van der Waals surface area contributed by atoms with Crippen LogP contribution in [0, 0.1) is 12.8 Å². The molecule has 1 saturated carbocycles. The average Bonchev–Trinajstić information content (AvgIpc) is 3.23. The Kier molecular flexibility index (Phi) is 3.78. The van der Waals surface area contributed by atoms with E-state index in [1.54, 1.807) is 0 Å². The quantitative estimate of drug-likeness (QED) is 0.899. The number of nitrogens with zero attached hydrogens (tertiary/aromatic N) is 3. The van der Waals surface area contributed by atoms with Gasteiger partial charge in [-0.25, -0.2) is 0 Å². The maximum Gasteiger partial charge on any atom is 0.225 e. The number of carbonyl (C=O) groups is 1. The van der Waals surface area contributed by atoms with Gasteiger partial charge in [-0.1, -0.05) is 0 Å². The van der Waals surface area contributed by atoms with Crippen LogP contribution >= 0.6 is 0 Å². The molecule has 2 heterocycles. The molecular formula is C15H24N4O. The lowest BCUT2D eigenvalue weighted by Gasteiger charge is -2.32. The van der Waals surface area contributed by atoms with E-state index in [-0.39, 0.29) is 0 Å². The van der Waals surface area contributed by atoms with Crippen LogP contribution in [0.25, 0.3) is 0 Å². The lowest BCUT2D eigenvalue weighted by molar-refractivity contribution is -0.133. The van der Waals surface area contributed by atoms with Crippen LogP contribution in [-0.4, -0.2) is 39.7 Å². The molecule has 0 bridgehead atoms. The highest BCUT2D eigenvalue weighted by Gasteiger charge is 2.34. The molecule has 1 aromatic rings. The summed E-state index contributed by atoms with van der Waals surface area (Å²) in [6.07, 6.45) is 6.43. The van der Waals surface area contributed by atoms with E-state index in [9.17, 15) is 4.79 Å². The first-order valence-corrected chi connectivity index (χ1v) is 7.65. The fourth-order valence-electron chi connectivity index (χ4n) is 2.97. The zero-order valence-corrected chi connectivity index (χ0v) is 12.4. The van der Waals surface area contributed by atoms with Crippen LogP contribution in [-0.2, 0) is 18.4 Å². The molecule has 1 N–H and O–H groups in total. The molecule has 1 amide bonds. The van der Waals surface area contributed by atoms with Crippen molar-refractivity contribution in [1.82, 2.24) is 20.0 Å². The third-order valence-corrected chi connectivity index (χ3v) is 4.43. The summed E-state index contributed by atoms with van der Waals surface area (Å²) in [5, 5.41) is 7.97. The number of rotatable bonds is 4. The van der Waals surface area contributed by atoms with Gasteiger partial charge in [0.05, 0.1) is 5.69 Å². The monoisotopic (exact) mass is 276 g/mol. The summed E-state index contributed by atoms with van der Waals surface area (Å²) in [6, 6.07) is 0.526. The van der Waals surface area contributed by atoms with Gasteiger partial charge >= 0.3 is 0 Å². The molecule has 2 aliphatic rings. The molecule has 1 aliphatic carbocycles. The summed E-state index contributed by atoms with van der Waals surface area (Å²) in [7, 11) is 1.96. The van der Waals surface area contributed by atoms with E-state index in [1.165, 1.54) is 5.56 Å². The highest BCUT2D eigenvalue weighted by atomic mass is 16.2. The van der Waals surface area contributed by atoms with Gasteiger partial charge < -0.3 is 10.2 Å². The van der Waals surface area contributed by atoms with E-state index in [1.807, 2.05) is 18.7 Å². The van der Waals surface area contributed by atoms with Crippen LogP contribution in [0.4, 0.5) is 0 Å². The van der Waals surface area contributed by atoms with Gasteiger partial charge in [0.1, 0.15) is 0 Å². The third-order valence-electron chi connectivity index (χ3n) is 4.43. The second-order valence-electron chi connectivity index (χ2n) is 6.17. The molecule has 0 aromatic carbocycles. The predicted molar refractivity (Wildman–Crippen MR) is 77.1 cm³/mol. The largest absolute Gasteiger partial charge is 0.342 e. The Morgan fingerprint density at radius 2 is 2.05 bits per heavy atom. The van der Waals surface area contributed by atoms with Crippen LogP contribution in [0.15, 0.2) is 6.20 Å². The molecule has 1 saturated heterocycles. The first-order valence-electron chi connectivity index (χ1n) is 7.65. The molecule has 20 heavy (non-hydrogen) atoms. The number of aryl methyl sites for hydroxylation is 2. The minimum Gasteiger partial charge on any atom is -0.342 e. The summed E-state index contributed by atoms with van der Waals surface area (Å²) in [6.45, 7) is 4.76. The number of aromatic nitrogens is 2. The first kappa shape index (κ1) is 13.6. The molecule has 0 unspecified atom stereocenters. The highest BCUT2D eigenvalue weighted by Crippen LogP contribution is 2.31. The third kappa shape index (κ3) is 3.03. The van der Waals surface area contributed by atoms with Gasteiger partial charge in [0, 0.05) is 50.4 Å². The molecule has 1 aliphatic heterocycles. The average molecular weight is 276 g/mol. The van der Waals surface area contributed by atoms with E-state index >= 15 is 0 Å². The van der Waals surface area contributed by atoms with Crippen LogP contribution in [0.2, 0.25) is 0 Å². The van der Waals surface area contributed by atoms with Crippen molar-refractivity contribution in [2.45, 2.75) is 45.2 Å². The second kappa shape index (κ2) is 5.56. The molecular weight excluding hydrogens is 252 g/mol. The molecule has 0 radical (unpaired) electrons. The van der Waals surface area contributed by atoms with Crippen LogP contribution in [0.1, 0.15) is 36.9 Å². The van der Waals surface area contributed by atoms with Crippen molar-refractivity contribution in [3.05, 3.63) is 17.5 Å². The summed E-state index contributed by atoms with van der Waals surface area (Å²) in [5.41, 5.74) is 2.37. The van der Waals surface area contributed by atoms with Gasteiger partial charge in [-0.2, -0.15) is 5.10 Å². The van der Waals surface area contributed by atoms with Gasteiger partial charge in [0.25, 0.3) is 0 Å². The normalized spacial score (nSPS) is 20.4. The maximum atomic E-state index is 12.0. The predicted octanol–water partition coefficient (Wildman–Crippen LogP) is 1.22. The van der Waals surface area contributed by atoms with Crippen LogP contribution < -0.4 is 5.32 Å². The SMILES string of the molecule is Cc1nn(C)cc1CNC1CCN(C(=O)C2CC2)CC1. The zero-order valence-electron chi connectivity index (χ0n) is 12.4. The standard InChI is InChI=1S/C15H24N4O/c1-11-13(10-18(2)17-11)9-16-14-5-7-19(8-6-14)15(20)12-3-4-12/h10,12,14,16H,3-9H2,1-2H3. The number of likely N-dealkylation sites (tertiary alicyclic amines) is 1. The first-order chi connectivity index (χ1) is 9.63. The molecule has 5 nitrogen and oxygen atoms in total. The molecule has 0 spiro atoms. The summed E-state index contributed by atoms with van der Waals surface area (Å²) in [4.78, 5) is 14.0. The second-order valence-corrected chi connectivity index (χ2v) is 6.17. The molecule has 110 valence electrons. The van der Waals surface area contributed by atoms with Crippen molar-refractivity contribution in [1.29, 1.82) is 0 Å². The van der Waals surface area contributed by atoms with Crippen molar-refractivity contribution >= 4 is 5.91 Å². The fraction of sp³-hybridized carbons (Fsp3) is 0.733. The molecule has 1 aromatic heterocycles. The summed E-state index contributed by atoms with van der Waals surface area (Å²) in [5.74, 6) is 0.754. The number of hydrogen-bond donors (Lipinski definition) is 1. The number of nitrogens with one attached hydrogen (secondary N) is 1. The lowest BCUT2D eigenvalue weighted by Crippen LogP contribution is -2.45. The lowest BCUT2D eigenvalue weighted by atomic mass is 10.0. The van der Waals surface area contributed by atoms with Gasteiger partial charge in [-0.3, -0.25) is 9.48 Å². The Bertz CT molecular complexity index is 484. The van der Waals surface area contributed by atoms with Crippen LogP contribution in [0.3, 0.4) is 0 Å². The van der Waals surface area contributed by atoms with Crippen molar-refractivity contribution in [3.8, 4) is 0 Å². The van der Waals surface area contributed by atoms with E-state index in [0.29, 0.717) is 17.9 Å². The minimum atomic E-state index is 0.359. The van der Waals surface area contributed by atoms with Crippen molar-refractivity contribution in [3.63, 3.8) is 0 Å². The molecule has 3 rings (SSSR count). The van der Waals surface area contributed by atoms with Gasteiger partial charge in [-0.05, 0) is 32.6 Å². The van der Waals surface area contributed by atoms with E-state index in [4.69, 9.17) is 0 Å². The highest BCUT2D eigenvalue weighted by molar-refractivity contribution is 5.81. The Balaban J connectivity index is 1.44.